The van der Waals surface area contributed by atoms with Gasteiger partial charge in [0.1, 0.15) is 6.10 Å². The number of aromatic nitrogens is 2. The fourth-order valence-corrected chi connectivity index (χ4v) is 4.18. The predicted molar refractivity (Wildman–Crippen MR) is 99.1 cm³/mol. The number of hydrogen-bond donors (Lipinski definition) is 0. The molecule has 2 aliphatic rings. The van der Waals surface area contributed by atoms with E-state index in [-0.39, 0.29) is 12.0 Å². The van der Waals surface area contributed by atoms with Gasteiger partial charge >= 0.3 is 0 Å². The van der Waals surface area contributed by atoms with Gasteiger partial charge in [-0.25, -0.2) is 0 Å². The van der Waals surface area contributed by atoms with E-state index in [0.29, 0.717) is 24.2 Å². The van der Waals surface area contributed by atoms with Crippen LogP contribution in [0.1, 0.15) is 52.4 Å². The molecule has 2 heterocycles. The van der Waals surface area contributed by atoms with Crippen LogP contribution in [0.4, 0.5) is 0 Å². The summed E-state index contributed by atoms with van der Waals surface area (Å²) in [7, 11) is 1.56. The van der Waals surface area contributed by atoms with Crippen molar-refractivity contribution in [1.82, 2.24) is 14.9 Å². The van der Waals surface area contributed by atoms with Crippen molar-refractivity contribution in [3.8, 4) is 11.8 Å². The number of ether oxygens (including phenoxy) is 2. The summed E-state index contributed by atoms with van der Waals surface area (Å²) < 4.78 is 11.1. The number of amides is 1. The maximum absolute atomic E-state index is 13.0. The Hall–Kier alpha value is -1.85. The molecule has 0 spiro atoms. The van der Waals surface area contributed by atoms with Gasteiger partial charge in [0.2, 0.25) is 17.7 Å². The molecule has 1 unspecified atom stereocenters. The molecule has 1 aromatic heterocycles. The third-order valence-corrected chi connectivity index (χ3v) is 5.84. The smallest absolute Gasteiger partial charge is 0.235 e. The SMILES string of the molecule is COc1cncc(OC2CCCN(C(=O)C3CCC(C(C)C)CC3)C2)n1. The highest BCUT2D eigenvalue weighted by Gasteiger charge is 2.33. The minimum Gasteiger partial charge on any atom is -0.480 e. The predicted octanol–water partition coefficient (Wildman–Crippen LogP) is 3.32. The highest BCUT2D eigenvalue weighted by molar-refractivity contribution is 5.79. The van der Waals surface area contributed by atoms with E-state index in [2.05, 4.69) is 23.8 Å². The fourth-order valence-electron chi connectivity index (χ4n) is 4.18. The van der Waals surface area contributed by atoms with Crippen molar-refractivity contribution < 1.29 is 14.3 Å². The molecule has 0 aromatic carbocycles. The van der Waals surface area contributed by atoms with Gasteiger partial charge in [0, 0.05) is 12.5 Å². The maximum atomic E-state index is 13.0. The van der Waals surface area contributed by atoms with Crippen molar-refractivity contribution in [3.05, 3.63) is 12.4 Å². The van der Waals surface area contributed by atoms with Crippen LogP contribution in [0.25, 0.3) is 0 Å². The Morgan fingerprint density at radius 1 is 1.15 bits per heavy atom. The Morgan fingerprint density at radius 2 is 1.88 bits per heavy atom. The van der Waals surface area contributed by atoms with Gasteiger partial charge in [0.25, 0.3) is 0 Å². The number of hydrogen-bond acceptors (Lipinski definition) is 5. The molecule has 0 N–H and O–H groups in total. The molecule has 1 atom stereocenters. The lowest BCUT2D eigenvalue weighted by Gasteiger charge is -2.37. The van der Waals surface area contributed by atoms with Crippen LogP contribution in [0, 0.1) is 17.8 Å². The van der Waals surface area contributed by atoms with Crippen LogP contribution < -0.4 is 9.47 Å². The van der Waals surface area contributed by atoms with Crippen LogP contribution in [-0.2, 0) is 4.79 Å². The molecule has 0 bridgehead atoms. The molecule has 1 saturated carbocycles. The van der Waals surface area contributed by atoms with Crippen molar-refractivity contribution >= 4 is 5.91 Å². The minimum atomic E-state index is -0.0268. The average molecular weight is 361 g/mol. The van der Waals surface area contributed by atoms with Gasteiger partial charge in [-0.2, -0.15) is 4.98 Å². The third-order valence-electron chi connectivity index (χ3n) is 5.84. The summed E-state index contributed by atoms with van der Waals surface area (Å²) in [4.78, 5) is 23.3. The van der Waals surface area contributed by atoms with E-state index in [4.69, 9.17) is 9.47 Å². The molecule has 6 nitrogen and oxygen atoms in total. The second kappa shape index (κ2) is 8.69. The lowest BCUT2D eigenvalue weighted by atomic mass is 9.76. The van der Waals surface area contributed by atoms with Gasteiger partial charge in [0.05, 0.1) is 26.0 Å². The lowest BCUT2D eigenvalue weighted by Crippen LogP contribution is -2.47. The molecule has 1 aliphatic heterocycles. The summed E-state index contributed by atoms with van der Waals surface area (Å²) in [6.45, 7) is 6.07. The van der Waals surface area contributed by atoms with Gasteiger partial charge in [-0.1, -0.05) is 13.8 Å². The second-order valence-corrected chi connectivity index (χ2v) is 7.92. The van der Waals surface area contributed by atoms with Gasteiger partial charge in [-0.3, -0.25) is 9.78 Å². The van der Waals surface area contributed by atoms with Crippen molar-refractivity contribution in [2.24, 2.45) is 17.8 Å². The third kappa shape index (κ3) is 4.65. The first-order valence-corrected chi connectivity index (χ1v) is 9.88. The van der Waals surface area contributed by atoms with Crippen LogP contribution in [0.15, 0.2) is 12.4 Å². The topological polar surface area (TPSA) is 64.6 Å². The van der Waals surface area contributed by atoms with Gasteiger partial charge in [0.15, 0.2) is 0 Å². The van der Waals surface area contributed by atoms with Crippen LogP contribution in [0.5, 0.6) is 11.8 Å². The Kier molecular flexibility index (Phi) is 6.33. The summed E-state index contributed by atoms with van der Waals surface area (Å²) in [6.07, 6.45) is 9.45. The molecule has 26 heavy (non-hydrogen) atoms. The van der Waals surface area contributed by atoms with E-state index in [0.717, 1.165) is 44.1 Å². The van der Waals surface area contributed by atoms with E-state index >= 15 is 0 Å². The monoisotopic (exact) mass is 361 g/mol. The van der Waals surface area contributed by atoms with Crippen molar-refractivity contribution in [2.45, 2.75) is 58.5 Å². The van der Waals surface area contributed by atoms with E-state index in [1.54, 1.807) is 19.5 Å². The van der Waals surface area contributed by atoms with Gasteiger partial charge < -0.3 is 14.4 Å². The summed E-state index contributed by atoms with van der Waals surface area (Å²) in [6, 6.07) is 0. The van der Waals surface area contributed by atoms with Crippen molar-refractivity contribution in [3.63, 3.8) is 0 Å². The van der Waals surface area contributed by atoms with E-state index in [1.807, 2.05) is 4.90 Å². The first-order chi connectivity index (χ1) is 12.6. The second-order valence-electron chi connectivity index (χ2n) is 7.92. The lowest BCUT2D eigenvalue weighted by molar-refractivity contribution is -0.139. The van der Waals surface area contributed by atoms with E-state index in [9.17, 15) is 4.79 Å². The molecule has 1 aromatic rings. The Bertz CT molecular complexity index is 600. The molecule has 144 valence electrons. The Balaban J connectivity index is 1.53. The number of likely N-dealkylation sites (tertiary alicyclic amines) is 1. The summed E-state index contributed by atoms with van der Waals surface area (Å²) in [5, 5.41) is 0. The normalized spacial score (nSPS) is 26.6. The zero-order valence-electron chi connectivity index (χ0n) is 16.2. The number of nitrogens with zero attached hydrogens (tertiary/aromatic N) is 3. The number of piperidine rings is 1. The minimum absolute atomic E-state index is 0.0268. The van der Waals surface area contributed by atoms with Crippen LogP contribution in [-0.4, -0.2) is 47.1 Å². The first-order valence-electron chi connectivity index (χ1n) is 9.88. The average Bonchev–Trinajstić information content (AvgIpc) is 2.68. The molecule has 1 aliphatic carbocycles. The number of rotatable bonds is 5. The molecule has 1 amide bonds. The molecule has 0 radical (unpaired) electrons. The van der Waals surface area contributed by atoms with Crippen LogP contribution >= 0.6 is 0 Å². The zero-order valence-corrected chi connectivity index (χ0v) is 16.2. The highest BCUT2D eigenvalue weighted by Crippen LogP contribution is 2.34. The number of methoxy groups -OCH3 is 1. The highest BCUT2D eigenvalue weighted by atomic mass is 16.5. The molecule has 1 saturated heterocycles. The molecular weight excluding hydrogens is 330 g/mol. The van der Waals surface area contributed by atoms with Gasteiger partial charge in [-0.15, -0.1) is 0 Å². The Labute approximate surface area is 156 Å². The van der Waals surface area contributed by atoms with Crippen molar-refractivity contribution in [2.75, 3.05) is 20.2 Å². The van der Waals surface area contributed by atoms with Crippen molar-refractivity contribution in [1.29, 1.82) is 0 Å². The Morgan fingerprint density at radius 3 is 2.58 bits per heavy atom. The molecule has 6 heteroatoms. The first kappa shape index (κ1) is 18.9. The molecule has 2 fully saturated rings. The summed E-state index contributed by atoms with van der Waals surface area (Å²) >= 11 is 0. The zero-order chi connectivity index (χ0) is 18.5. The summed E-state index contributed by atoms with van der Waals surface area (Å²) in [5.74, 6) is 2.91. The largest absolute Gasteiger partial charge is 0.480 e. The number of carbonyl (C=O) groups excluding carboxylic acids is 1. The van der Waals surface area contributed by atoms with E-state index < -0.39 is 0 Å². The van der Waals surface area contributed by atoms with Crippen LogP contribution in [0.2, 0.25) is 0 Å². The molecular formula is C20H31N3O3. The molecule has 3 rings (SSSR count). The summed E-state index contributed by atoms with van der Waals surface area (Å²) in [5.41, 5.74) is 0. The quantitative estimate of drug-likeness (QED) is 0.805. The number of carbonyl (C=O) groups is 1. The van der Waals surface area contributed by atoms with E-state index in [1.165, 1.54) is 12.8 Å². The van der Waals surface area contributed by atoms with Crippen LogP contribution in [0.3, 0.4) is 0 Å². The van der Waals surface area contributed by atoms with Gasteiger partial charge in [-0.05, 0) is 50.4 Å². The fraction of sp³-hybridized carbons (Fsp3) is 0.750. The maximum Gasteiger partial charge on any atom is 0.235 e. The standard InChI is InChI=1S/C20H31N3O3/c1-14(2)15-6-8-16(9-7-15)20(24)23-10-4-5-17(13-23)26-19-12-21-11-18(22-19)25-3/h11-12,14-17H,4-10,13H2,1-3H3.